The fourth-order valence-corrected chi connectivity index (χ4v) is 3.16. The standard InChI is InChI=1S/C12H7BrFNO3S2/c13-7-1-2-8(14)6(3-7)4-9-11(18)15(5-10(16)17)12(19)20-9/h1-4H,5H2,(H,16,17). The average molecular weight is 376 g/mol. The molecule has 20 heavy (non-hydrogen) atoms. The van der Waals surface area contributed by atoms with Crippen LogP contribution in [0.5, 0.6) is 0 Å². The van der Waals surface area contributed by atoms with Crippen LogP contribution in [-0.4, -0.2) is 32.7 Å². The van der Waals surface area contributed by atoms with E-state index in [1.165, 1.54) is 18.2 Å². The van der Waals surface area contributed by atoms with Gasteiger partial charge in [-0.1, -0.05) is 39.9 Å². The van der Waals surface area contributed by atoms with E-state index in [1.54, 1.807) is 6.07 Å². The maximum absolute atomic E-state index is 13.6. The van der Waals surface area contributed by atoms with Gasteiger partial charge in [-0.25, -0.2) is 4.39 Å². The van der Waals surface area contributed by atoms with Crippen molar-refractivity contribution >= 4 is 62.2 Å². The van der Waals surface area contributed by atoms with Crippen molar-refractivity contribution in [3.05, 3.63) is 39.0 Å². The topological polar surface area (TPSA) is 57.6 Å². The van der Waals surface area contributed by atoms with E-state index in [-0.39, 0.29) is 14.8 Å². The Morgan fingerprint density at radius 3 is 2.90 bits per heavy atom. The van der Waals surface area contributed by atoms with Crippen molar-refractivity contribution in [3.63, 3.8) is 0 Å². The summed E-state index contributed by atoms with van der Waals surface area (Å²) in [6, 6.07) is 4.34. The molecule has 0 atom stereocenters. The van der Waals surface area contributed by atoms with E-state index in [0.29, 0.717) is 4.47 Å². The summed E-state index contributed by atoms with van der Waals surface area (Å²) < 4.78 is 14.5. The molecule has 0 spiro atoms. The molecular formula is C12H7BrFNO3S2. The molecule has 1 aliphatic heterocycles. The molecule has 0 radical (unpaired) electrons. The Bertz CT molecular complexity index is 648. The van der Waals surface area contributed by atoms with Crippen molar-refractivity contribution in [2.75, 3.05) is 6.54 Å². The second-order valence-electron chi connectivity index (χ2n) is 3.83. The maximum Gasteiger partial charge on any atom is 0.323 e. The van der Waals surface area contributed by atoms with Crippen molar-refractivity contribution in [1.29, 1.82) is 0 Å². The van der Waals surface area contributed by atoms with E-state index >= 15 is 0 Å². The first-order valence-corrected chi connectivity index (χ1v) is 7.32. The van der Waals surface area contributed by atoms with Crippen LogP contribution in [0.15, 0.2) is 27.6 Å². The number of hydrogen-bond donors (Lipinski definition) is 1. The maximum atomic E-state index is 13.6. The molecule has 104 valence electrons. The lowest BCUT2D eigenvalue weighted by molar-refractivity contribution is -0.140. The van der Waals surface area contributed by atoms with Gasteiger partial charge in [-0.05, 0) is 24.3 Å². The smallest absolute Gasteiger partial charge is 0.323 e. The SMILES string of the molecule is O=C(O)CN1C(=O)C(=Cc2cc(Br)ccc2F)SC1=S. The molecule has 1 aromatic rings. The van der Waals surface area contributed by atoms with Crippen LogP contribution in [0, 0.1) is 5.82 Å². The average Bonchev–Trinajstić information content (AvgIpc) is 2.61. The van der Waals surface area contributed by atoms with Crippen molar-refractivity contribution in [3.8, 4) is 0 Å². The first kappa shape index (κ1) is 15.1. The van der Waals surface area contributed by atoms with Crippen LogP contribution < -0.4 is 0 Å². The highest BCUT2D eigenvalue weighted by molar-refractivity contribution is 9.10. The Morgan fingerprint density at radius 2 is 2.25 bits per heavy atom. The van der Waals surface area contributed by atoms with Gasteiger partial charge < -0.3 is 5.11 Å². The van der Waals surface area contributed by atoms with Gasteiger partial charge in [0.1, 0.15) is 16.7 Å². The monoisotopic (exact) mass is 375 g/mol. The number of amides is 1. The third-order valence-corrected chi connectivity index (χ3v) is 4.28. The molecule has 2 rings (SSSR count). The summed E-state index contributed by atoms with van der Waals surface area (Å²) in [5.41, 5.74) is 0.232. The molecule has 1 heterocycles. The Labute approximate surface area is 131 Å². The predicted molar refractivity (Wildman–Crippen MR) is 81.6 cm³/mol. The van der Waals surface area contributed by atoms with Crippen LogP contribution in [0.1, 0.15) is 5.56 Å². The van der Waals surface area contributed by atoms with Gasteiger partial charge in [-0.15, -0.1) is 0 Å². The molecule has 0 unspecified atom stereocenters. The summed E-state index contributed by atoms with van der Waals surface area (Å²) in [6.45, 7) is -0.497. The Hall–Kier alpha value is -1.25. The van der Waals surface area contributed by atoms with E-state index in [2.05, 4.69) is 15.9 Å². The molecule has 1 saturated heterocycles. The molecule has 1 aromatic carbocycles. The quantitative estimate of drug-likeness (QED) is 0.650. The first-order chi connectivity index (χ1) is 9.38. The molecule has 8 heteroatoms. The summed E-state index contributed by atoms with van der Waals surface area (Å²) in [5, 5.41) is 8.72. The molecule has 0 bridgehead atoms. The van der Waals surface area contributed by atoms with Gasteiger partial charge >= 0.3 is 5.97 Å². The summed E-state index contributed by atoms with van der Waals surface area (Å²) in [6.07, 6.45) is 1.36. The van der Waals surface area contributed by atoms with Gasteiger partial charge in [0.25, 0.3) is 5.91 Å². The second kappa shape index (κ2) is 6.02. The number of nitrogens with zero attached hydrogens (tertiary/aromatic N) is 1. The third kappa shape index (κ3) is 3.25. The van der Waals surface area contributed by atoms with Crippen LogP contribution in [0.2, 0.25) is 0 Å². The van der Waals surface area contributed by atoms with Crippen molar-refractivity contribution in [1.82, 2.24) is 4.90 Å². The number of carboxylic acid groups (broad SMARTS) is 1. The molecule has 4 nitrogen and oxygen atoms in total. The molecule has 0 aliphatic carbocycles. The van der Waals surface area contributed by atoms with E-state index in [4.69, 9.17) is 17.3 Å². The number of hydrogen-bond acceptors (Lipinski definition) is 4. The molecule has 1 aliphatic rings. The molecule has 0 saturated carbocycles. The molecule has 1 N–H and O–H groups in total. The number of carboxylic acids is 1. The van der Waals surface area contributed by atoms with Gasteiger partial charge in [0.2, 0.25) is 0 Å². The number of halogens is 2. The number of carbonyl (C=O) groups excluding carboxylic acids is 1. The Morgan fingerprint density at radius 1 is 1.55 bits per heavy atom. The predicted octanol–water partition coefficient (Wildman–Crippen LogP) is 2.87. The fourth-order valence-electron chi connectivity index (χ4n) is 1.54. The number of carbonyl (C=O) groups is 2. The van der Waals surface area contributed by atoms with Gasteiger partial charge in [0.15, 0.2) is 0 Å². The highest BCUT2D eigenvalue weighted by Crippen LogP contribution is 2.33. The number of rotatable bonds is 3. The van der Waals surface area contributed by atoms with E-state index < -0.39 is 24.2 Å². The van der Waals surface area contributed by atoms with Gasteiger partial charge in [-0.2, -0.15) is 0 Å². The lowest BCUT2D eigenvalue weighted by atomic mass is 10.2. The molecule has 0 aromatic heterocycles. The second-order valence-corrected chi connectivity index (χ2v) is 6.42. The Kier molecular flexibility index (Phi) is 4.56. The van der Waals surface area contributed by atoms with Crippen LogP contribution in [0.3, 0.4) is 0 Å². The van der Waals surface area contributed by atoms with Crippen molar-refractivity contribution < 1.29 is 19.1 Å². The van der Waals surface area contributed by atoms with E-state index in [0.717, 1.165) is 16.7 Å². The fraction of sp³-hybridized carbons (Fsp3) is 0.0833. The molecule has 1 amide bonds. The minimum Gasteiger partial charge on any atom is -0.480 e. The number of thioether (sulfide) groups is 1. The van der Waals surface area contributed by atoms with Crippen molar-refractivity contribution in [2.24, 2.45) is 0 Å². The zero-order chi connectivity index (χ0) is 14.9. The number of thiocarbonyl (C=S) groups is 1. The molecular weight excluding hydrogens is 369 g/mol. The summed E-state index contributed by atoms with van der Waals surface area (Å²) in [5.74, 6) is -2.16. The summed E-state index contributed by atoms with van der Waals surface area (Å²) >= 11 is 9.12. The molecule has 1 fully saturated rings. The highest BCUT2D eigenvalue weighted by atomic mass is 79.9. The minimum absolute atomic E-state index is 0.152. The van der Waals surface area contributed by atoms with Crippen LogP contribution in [0.25, 0.3) is 6.08 Å². The zero-order valence-corrected chi connectivity index (χ0v) is 13.0. The normalized spacial score (nSPS) is 17.1. The van der Waals surface area contributed by atoms with Crippen molar-refractivity contribution in [2.45, 2.75) is 0 Å². The number of aliphatic carboxylic acids is 1. The lowest BCUT2D eigenvalue weighted by Crippen LogP contribution is -2.33. The minimum atomic E-state index is -1.16. The van der Waals surface area contributed by atoms with Crippen LogP contribution in [0.4, 0.5) is 4.39 Å². The highest BCUT2D eigenvalue weighted by Gasteiger charge is 2.33. The van der Waals surface area contributed by atoms with Crippen LogP contribution >= 0.6 is 39.9 Å². The van der Waals surface area contributed by atoms with Gasteiger partial charge in [0, 0.05) is 10.0 Å². The van der Waals surface area contributed by atoms with Crippen LogP contribution in [-0.2, 0) is 9.59 Å². The summed E-state index contributed by atoms with van der Waals surface area (Å²) in [7, 11) is 0. The number of benzene rings is 1. The zero-order valence-electron chi connectivity index (χ0n) is 9.80. The summed E-state index contributed by atoms with van der Waals surface area (Å²) in [4.78, 5) is 23.8. The first-order valence-electron chi connectivity index (χ1n) is 5.30. The largest absolute Gasteiger partial charge is 0.480 e. The van der Waals surface area contributed by atoms with Gasteiger partial charge in [-0.3, -0.25) is 14.5 Å². The lowest BCUT2D eigenvalue weighted by Gasteiger charge is -2.10. The van der Waals surface area contributed by atoms with Gasteiger partial charge in [0.05, 0.1) is 4.91 Å². The third-order valence-electron chi connectivity index (χ3n) is 2.41. The van der Waals surface area contributed by atoms with E-state index in [9.17, 15) is 14.0 Å². The van der Waals surface area contributed by atoms with E-state index in [1.807, 2.05) is 0 Å². The Balaban J connectivity index is 2.32.